The molecule has 1 N–H and O–H groups in total. The first-order valence-corrected chi connectivity index (χ1v) is 10.9. The lowest BCUT2D eigenvalue weighted by atomic mass is 10.0. The second kappa shape index (κ2) is 8.39. The van der Waals surface area contributed by atoms with Crippen LogP contribution in [0.5, 0.6) is 0 Å². The van der Waals surface area contributed by atoms with E-state index in [9.17, 15) is 4.79 Å². The molecule has 0 unspecified atom stereocenters. The van der Waals surface area contributed by atoms with Crippen LogP contribution in [0.2, 0.25) is 5.02 Å². The predicted molar refractivity (Wildman–Crippen MR) is 121 cm³/mol. The standard InChI is InChI=1S/C23H22ClN3OS/c1-15(2)19-5-3-4-6-20(19)25-22(28)12-11-18-14-29-23-26-21(13-27(18)23)16-7-9-17(24)10-8-16/h3-10,13-15H,11-12H2,1-2H3,(H,25,28). The molecule has 29 heavy (non-hydrogen) atoms. The van der Waals surface area contributed by atoms with Crippen LogP contribution >= 0.6 is 22.9 Å². The van der Waals surface area contributed by atoms with Crippen LogP contribution in [0.3, 0.4) is 0 Å². The van der Waals surface area contributed by atoms with Crippen LogP contribution in [-0.4, -0.2) is 15.3 Å². The Morgan fingerprint density at radius 3 is 2.69 bits per heavy atom. The van der Waals surface area contributed by atoms with Crippen molar-refractivity contribution in [3.63, 3.8) is 0 Å². The van der Waals surface area contributed by atoms with Crippen molar-refractivity contribution in [1.82, 2.24) is 9.38 Å². The zero-order valence-corrected chi connectivity index (χ0v) is 17.9. The fourth-order valence-corrected chi connectivity index (χ4v) is 4.37. The average molecular weight is 424 g/mol. The van der Waals surface area contributed by atoms with Gasteiger partial charge in [-0.25, -0.2) is 4.98 Å². The highest BCUT2D eigenvalue weighted by molar-refractivity contribution is 7.15. The summed E-state index contributed by atoms with van der Waals surface area (Å²) in [5.74, 6) is 0.385. The predicted octanol–water partition coefficient (Wildman–Crippen LogP) is 6.41. The number of hydrogen-bond acceptors (Lipinski definition) is 3. The van der Waals surface area contributed by atoms with Crippen LogP contribution < -0.4 is 5.32 Å². The zero-order chi connectivity index (χ0) is 20.4. The molecule has 6 heteroatoms. The number of nitrogens with zero attached hydrogens (tertiary/aromatic N) is 2. The highest BCUT2D eigenvalue weighted by Crippen LogP contribution is 2.26. The van der Waals surface area contributed by atoms with Gasteiger partial charge in [-0.15, -0.1) is 11.3 Å². The summed E-state index contributed by atoms with van der Waals surface area (Å²) in [6.45, 7) is 4.26. The van der Waals surface area contributed by atoms with Crippen molar-refractivity contribution in [1.29, 1.82) is 0 Å². The van der Waals surface area contributed by atoms with Crippen LogP contribution in [0.15, 0.2) is 60.1 Å². The normalized spacial score (nSPS) is 11.3. The first-order chi connectivity index (χ1) is 14.0. The first-order valence-electron chi connectivity index (χ1n) is 9.61. The highest BCUT2D eigenvalue weighted by atomic mass is 35.5. The number of benzene rings is 2. The molecule has 4 rings (SSSR count). The number of carbonyl (C=O) groups is 1. The molecule has 2 heterocycles. The van der Waals surface area contributed by atoms with Crippen molar-refractivity contribution in [3.8, 4) is 11.3 Å². The molecule has 0 spiro atoms. The fraction of sp³-hybridized carbons (Fsp3) is 0.217. The zero-order valence-electron chi connectivity index (χ0n) is 16.4. The second-order valence-corrected chi connectivity index (χ2v) is 8.58. The lowest BCUT2D eigenvalue weighted by molar-refractivity contribution is -0.116. The van der Waals surface area contributed by atoms with Crippen molar-refractivity contribution < 1.29 is 4.79 Å². The minimum atomic E-state index is 0.0236. The SMILES string of the molecule is CC(C)c1ccccc1NC(=O)CCc1csc2nc(-c3ccc(Cl)cc3)cn12. The monoisotopic (exact) mass is 423 g/mol. The van der Waals surface area contributed by atoms with Crippen molar-refractivity contribution in [2.45, 2.75) is 32.6 Å². The molecule has 1 amide bonds. The molecule has 4 aromatic rings. The Hall–Kier alpha value is -2.63. The Labute approximate surface area is 179 Å². The van der Waals surface area contributed by atoms with Crippen LogP contribution in [0, 0.1) is 0 Å². The van der Waals surface area contributed by atoms with Crippen LogP contribution in [0.1, 0.15) is 37.4 Å². The third kappa shape index (κ3) is 4.36. The molecule has 0 saturated carbocycles. The Morgan fingerprint density at radius 2 is 1.93 bits per heavy atom. The average Bonchev–Trinajstić information content (AvgIpc) is 3.28. The van der Waals surface area contributed by atoms with Gasteiger partial charge in [0.2, 0.25) is 5.91 Å². The van der Waals surface area contributed by atoms with Crippen molar-refractivity contribution in [2.75, 3.05) is 5.32 Å². The van der Waals surface area contributed by atoms with E-state index in [1.807, 2.05) is 48.7 Å². The maximum atomic E-state index is 12.5. The number of carbonyl (C=O) groups excluding carboxylic acids is 1. The molecule has 2 aromatic carbocycles. The van der Waals surface area contributed by atoms with Crippen molar-refractivity contribution in [2.24, 2.45) is 0 Å². The highest BCUT2D eigenvalue weighted by Gasteiger charge is 2.13. The molecule has 0 aliphatic heterocycles. The number of amides is 1. The van der Waals surface area contributed by atoms with E-state index < -0.39 is 0 Å². The van der Waals surface area contributed by atoms with E-state index in [-0.39, 0.29) is 5.91 Å². The van der Waals surface area contributed by atoms with Gasteiger partial charge in [-0.1, -0.05) is 55.8 Å². The van der Waals surface area contributed by atoms with Gasteiger partial charge < -0.3 is 5.32 Å². The number of rotatable bonds is 6. The second-order valence-electron chi connectivity index (χ2n) is 7.30. The lowest BCUT2D eigenvalue weighted by Gasteiger charge is -2.13. The van der Waals surface area contributed by atoms with Crippen LogP contribution in [-0.2, 0) is 11.2 Å². The molecule has 4 nitrogen and oxygen atoms in total. The van der Waals surface area contributed by atoms with E-state index in [1.54, 1.807) is 11.3 Å². The van der Waals surface area contributed by atoms with E-state index in [0.29, 0.717) is 23.8 Å². The number of thiazole rings is 1. The molecule has 0 fully saturated rings. The third-order valence-electron chi connectivity index (χ3n) is 4.89. The number of imidazole rings is 1. The van der Waals surface area contributed by atoms with E-state index >= 15 is 0 Å². The van der Waals surface area contributed by atoms with Crippen molar-refractivity contribution in [3.05, 3.63) is 76.4 Å². The summed E-state index contributed by atoms with van der Waals surface area (Å²) in [6, 6.07) is 15.6. The Bertz CT molecular complexity index is 1140. The molecule has 0 bridgehead atoms. The quantitative estimate of drug-likeness (QED) is 0.389. The maximum absolute atomic E-state index is 12.5. The van der Waals surface area contributed by atoms with Gasteiger partial charge >= 0.3 is 0 Å². The topological polar surface area (TPSA) is 46.4 Å². The Balaban J connectivity index is 1.46. The van der Waals surface area contributed by atoms with Crippen LogP contribution in [0.25, 0.3) is 16.2 Å². The number of para-hydroxylation sites is 1. The number of aryl methyl sites for hydroxylation is 1. The van der Waals surface area contributed by atoms with Gasteiger partial charge in [0.1, 0.15) is 0 Å². The Kier molecular flexibility index (Phi) is 5.69. The molecule has 0 aliphatic carbocycles. The summed E-state index contributed by atoms with van der Waals surface area (Å²) in [4.78, 5) is 18.2. The molecule has 0 saturated heterocycles. The van der Waals surface area contributed by atoms with E-state index in [4.69, 9.17) is 16.6 Å². The number of fused-ring (bicyclic) bond motifs is 1. The molecule has 2 aromatic heterocycles. The summed E-state index contributed by atoms with van der Waals surface area (Å²) in [5.41, 5.74) is 5.07. The summed E-state index contributed by atoms with van der Waals surface area (Å²) in [5, 5.41) is 5.85. The minimum Gasteiger partial charge on any atom is -0.326 e. The Morgan fingerprint density at radius 1 is 1.17 bits per heavy atom. The van der Waals surface area contributed by atoms with Gasteiger partial charge in [0.25, 0.3) is 0 Å². The van der Waals surface area contributed by atoms with E-state index in [0.717, 1.165) is 33.2 Å². The van der Waals surface area contributed by atoms with Gasteiger partial charge in [0.15, 0.2) is 4.96 Å². The molecule has 148 valence electrons. The van der Waals surface area contributed by atoms with Gasteiger partial charge in [0, 0.05) is 40.0 Å². The number of aromatic nitrogens is 2. The summed E-state index contributed by atoms with van der Waals surface area (Å²) >= 11 is 7.57. The smallest absolute Gasteiger partial charge is 0.224 e. The molecule has 0 atom stereocenters. The van der Waals surface area contributed by atoms with Gasteiger partial charge in [0.05, 0.1) is 5.69 Å². The summed E-state index contributed by atoms with van der Waals surface area (Å²) in [7, 11) is 0. The number of nitrogens with one attached hydrogen (secondary N) is 1. The number of halogens is 1. The van der Waals surface area contributed by atoms with Crippen molar-refractivity contribution >= 4 is 39.5 Å². The maximum Gasteiger partial charge on any atom is 0.224 e. The molecule has 0 aliphatic rings. The summed E-state index contributed by atoms with van der Waals surface area (Å²) < 4.78 is 2.07. The summed E-state index contributed by atoms with van der Waals surface area (Å²) in [6.07, 6.45) is 3.11. The van der Waals surface area contributed by atoms with E-state index in [2.05, 4.69) is 35.0 Å². The van der Waals surface area contributed by atoms with E-state index in [1.165, 1.54) is 0 Å². The molecular weight excluding hydrogens is 402 g/mol. The third-order valence-corrected chi connectivity index (χ3v) is 6.03. The van der Waals surface area contributed by atoms with Gasteiger partial charge in [-0.3, -0.25) is 9.20 Å². The first kappa shape index (κ1) is 19.7. The van der Waals surface area contributed by atoms with Gasteiger partial charge in [-0.05, 0) is 36.1 Å². The lowest BCUT2D eigenvalue weighted by Crippen LogP contribution is -2.14. The minimum absolute atomic E-state index is 0.0236. The number of hydrogen-bond donors (Lipinski definition) is 1. The largest absolute Gasteiger partial charge is 0.326 e. The van der Waals surface area contributed by atoms with Gasteiger partial charge in [-0.2, -0.15) is 0 Å². The molecular formula is C23H22ClN3OS. The fourth-order valence-electron chi connectivity index (χ4n) is 3.34. The number of anilines is 1. The van der Waals surface area contributed by atoms with Crippen LogP contribution in [0.4, 0.5) is 5.69 Å². The molecule has 0 radical (unpaired) electrons.